The van der Waals surface area contributed by atoms with Crippen LogP contribution in [0.1, 0.15) is 61.6 Å². The van der Waals surface area contributed by atoms with Crippen molar-refractivity contribution in [1.82, 2.24) is 15.3 Å². The van der Waals surface area contributed by atoms with Crippen LogP contribution in [0.25, 0.3) is 0 Å². The Labute approximate surface area is 137 Å². The van der Waals surface area contributed by atoms with Gasteiger partial charge in [0, 0.05) is 12.1 Å². The molecule has 1 aromatic rings. The van der Waals surface area contributed by atoms with Crippen molar-refractivity contribution in [1.29, 1.82) is 0 Å². The highest BCUT2D eigenvalue weighted by atomic mass is 16.5. The van der Waals surface area contributed by atoms with Gasteiger partial charge in [-0.1, -0.05) is 12.2 Å². The number of aliphatic hydroxyl groups excluding tert-OH is 1. The van der Waals surface area contributed by atoms with Crippen LogP contribution in [-0.2, 0) is 12.8 Å². The number of ether oxygens (including phenoxy) is 1. The number of hydrogen-bond acceptors (Lipinski definition) is 5. The van der Waals surface area contributed by atoms with E-state index in [-0.39, 0.29) is 18.2 Å². The second-order valence-electron chi connectivity index (χ2n) is 6.84. The molecule has 0 amide bonds. The molecule has 1 saturated carbocycles. The molecule has 0 saturated heterocycles. The normalized spacial score (nSPS) is 30.2. The average Bonchev–Trinajstić information content (AvgIpc) is 3.00. The van der Waals surface area contributed by atoms with Gasteiger partial charge in [0.25, 0.3) is 0 Å². The largest absolute Gasteiger partial charge is 0.471 e. The van der Waals surface area contributed by atoms with Crippen molar-refractivity contribution in [3.8, 4) is 5.88 Å². The lowest BCUT2D eigenvalue weighted by atomic mass is 9.96. The van der Waals surface area contributed by atoms with E-state index >= 15 is 0 Å². The summed E-state index contributed by atoms with van der Waals surface area (Å²) >= 11 is 0. The number of aromatic nitrogens is 2. The minimum absolute atomic E-state index is 0.108. The Morgan fingerprint density at radius 2 is 2.00 bits per heavy atom. The average molecular weight is 315 g/mol. The Hall–Kier alpha value is -1.46. The molecule has 1 aromatic heterocycles. The van der Waals surface area contributed by atoms with Gasteiger partial charge >= 0.3 is 0 Å². The molecule has 2 aliphatic carbocycles. The van der Waals surface area contributed by atoms with Crippen LogP contribution in [0, 0.1) is 0 Å². The topological polar surface area (TPSA) is 67.3 Å². The molecule has 3 atom stereocenters. The third kappa shape index (κ3) is 3.12. The molecule has 1 fully saturated rings. The molecule has 0 spiro atoms. The minimum atomic E-state index is -0.358. The fourth-order valence-electron chi connectivity index (χ4n) is 3.82. The van der Waals surface area contributed by atoms with Crippen LogP contribution < -0.4 is 10.1 Å². The first-order valence-electron chi connectivity index (χ1n) is 8.94. The molecule has 0 aromatic carbocycles. The molecule has 5 nitrogen and oxygen atoms in total. The van der Waals surface area contributed by atoms with Gasteiger partial charge in [-0.25, -0.2) is 4.98 Å². The quantitative estimate of drug-likeness (QED) is 0.837. The zero-order chi connectivity index (χ0) is 15.6. The van der Waals surface area contributed by atoms with E-state index in [0.29, 0.717) is 0 Å². The van der Waals surface area contributed by atoms with Crippen LogP contribution >= 0.6 is 0 Å². The summed E-state index contributed by atoms with van der Waals surface area (Å²) in [5.74, 6) is 1.57. The van der Waals surface area contributed by atoms with Gasteiger partial charge < -0.3 is 15.2 Å². The van der Waals surface area contributed by atoms with Crippen molar-refractivity contribution in [3.63, 3.8) is 0 Å². The van der Waals surface area contributed by atoms with E-state index < -0.39 is 0 Å². The van der Waals surface area contributed by atoms with Gasteiger partial charge in [0.05, 0.1) is 17.8 Å². The zero-order valence-electron chi connectivity index (χ0n) is 13.5. The Morgan fingerprint density at radius 1 is 1.09 bits per heavy atom. The lowest BCUT2D eigenvalue weighted by molar-refractivity contribution is 0.0561. The molecule has 0 radical (unpaired) electrons. The lowest BCUT2D eigenvalue weighted by Crippen LogP contribution is -2.29. The second-order valence-corrected chi connectivity index (χ2v) is 6.84. The molecule has 5 heteroatoms. The Bertz CT molecular complexity index is 602. The fraction of sp³-hybridized carbons (Fsp3) is 0.667. The summed E-state index contributed by atoms with van der Waals surface area (Å²) in [4.78, 5) is 9.61. The van der Waals surface area contributed by atoms with Crippen LogP contribution in [0.3, 0.4) is 0 Å². The molecule has 2 N–H and O–H groups in total. The monoisotopic (exact) mass is 315 g/mol. The molecule has 1 aliphatic heterocycles. The van der Waals surface area contributed by atoms with Crippen LogP contribution in [0.5, 0.6) is 5.88 Å². The third-order valence-corrected chi connectivity index (χ3v) is 5.18. The second kappa shape index (κ2) is 6.57. The molecule has 4 rings (SSSR count). The predicted octanol–water partition coefficient (Wildman–Crippen LogP) is 2.24. The van der Waals surface area contributed by atoms with Gasteiger partial charge in [-0.3, -0.25) is 0 Å². The number of aryl methyl sites for hydroxylation is 1. The summed E-state index contributed by atoms with van der Waals surface area (Å²) in [6, 6.07) is 0.170. The Morgan fingerprint density at radius 3 is 2.78 bits per heavy atom. The van der Waals surface area contributed by atoms with Crippen molar-refractivity contribution >= 4 is 0 Å². The first kappa shape index (κ1) is 15.1. The predicted molar refractivity (Wildman–Crippen MR) is 87.4 cm³/mol. The molecule has 124 valence electrons. The molecule has 0 bridgehead atoms. The van der Waals surface area contributed by atoms with Gasteiger partial charge in [-0.2, -0.15) is 4.98 Å². The highest BCUT2D eigenvalue weighted by Gasteiger charge is 2.30. The highest BCUT2D eigenvalue weighted by Crippen LogP contribution is 2.32. The van der Waals surface area contributed by atoms with E-state index in [1.54, 1.807) is 0 Å². The Kier molecular flexibility index (Phi) is 4.31. The van der Waals surface area contributed by atoms with Crippen LogP contribution in [-0.4, -0.2) is 33.8 Å². The Balaban J connectivity index is 1.66. The lowest BCUT2D eigenvalue weighted by Gasteiger charge is -2.25. The number of fused-ring (bicyclic) bond motifs is 1. The smallest absolute Gasteiger partial charge is 0.220 e. The SMILES string of the molecule is O[C@@H]1CCC[C@H]1Oc1nc(C2CC=CCN2)nc2c1CCCC2. The number of aliphatic hydroxyl groups is 1. The third-order valence-electron chi connectivity index (χ3n) is 5.18. The molecule has 1 unspecified atom stereocenters. The number of hydrogen-bond donors (Lipinski definition) is 2. The summed E-state index contributed by atoms with van der Waals surface area (Å²) in [5.41, 5.74) is 2.32. The number of nitrogens with one attached hydrogen (secondary N) is 1. The van der Waals surface area contributed by atoms with Crippen molar-refractivity contribution in [3.05, 3.63) is 29.2 Å². The van der Waals surface area contributed by atoms with Crippen LogP contribution in [0.15, 0.2) is 12.2 Å². The summed E-state index contributed by atoms with van der Waals surface area (Å²) in [6.07, 6.45) is 11.9. The van der Waals surface area contributed by atoms with E-state index in [2.05, 4.69) is 17.5 Å². The minimum Gasteiger partial charge on any atom is -0.471 e. The van der Waals surface area contributed by atoms with E-state index in [4.69, 9.17) is 14.7 Å². The highest BCUT2D eigenvalue weighted by molar-refractivity contribution is 5.34. The maximum Gasteiger partial charge on any atom is 0.220 e. The molecular formula is C18H25N3O2. The molecule has 2 heterocycles. The molecule has 3 aliphatic rings. The van der Waals surface area contributed by atoms with Gasteiger partial charge in [-0.05, 0) is 51.4 Å². The summed E-state index contributed by atoms with van der Waals surface area (Å²) in [5, 5.41) is 13.5. The van der Waals surface area contributed by atoms with E-state index in [1.807, 2.05) is 0 Å². The summed E-state index contributed by atoms with van der Waals surface area (Å²) < 4.78 is 6.17. The molecular weight excluding hydrogens is 290 g/mol. The van der Waals surface area contributed by atoms with Crippen molar-refractivity contribution in [2.45, 2.75) is 69.6 Å². The van der Waals surface area contributed by atoms with Crippen molar-refractivity contribution < 1.29 is 9.84 Å². The maximum atomic E-state index is 10.1. The van der Waals surface area contributed by atoms with Crippen molar-refractivity contribution in [2.24, 2.45) is 0 Å². The van der Waals surface area contributed by atoms with E-state index in [0.717, 1.165) is 62.5 Å². The van der Waals surface area contributed by atoms with Crippen LogP contribution in [0.2, 0.25) is 0 Å². The summed E-state index contributed by atoms with van der Waals surface area (Å²) in [6.45, 7) is 0.864. The number of nitrogens with zero attached hydrogens (tertiary/aromatic N) is 2. The fourth-order valence-corrected chi connectivity index (χ4v) is 3.82. The standard InChI is InChI=1S/C18H25N3O2/c22-15-9-5-10-16(15)23-18-12-6-1-2-7-13(12)20-17(21-18)14-8-3-4-11-19-14/h3-4,14-16,19,22H,1-2,5-11H2/t14?,15-,16-/m1/s1. The van der Waals surface area contributed by atoms with Gasteiger partial charge in [0.1, 0.15) is 11.9 Å². The first-order chi connectivity index (χ1) is 11.3. The van der Waals surface area contributed by atoms with Gasteiger partial charge in [0.15, 0.2) is 0 Å². The zero-order valence-corrected chi connectivity index (χ0v) is 13.5. The van der Waals surface area contributed by atoms with Gasteiger partial charge in [-0.15, -0.1) is 0 Å². The van der Waals surface area contributed by atoms with E-state index in [9.17, 15) is 5.11 Å². The maximum absolute atomic E-state index is 10.1. The molecule has 23 heavy (non-hydrogen) atoms. The van der Waals surface area contributed by atoms with Crippen LogP contribution in [0.4, 0.5) is 0 Å². The van der Waals surface area contributed by atoms with Crippen molar-refractivity contribution in [2.75, 3.05) is 6.54 Å². The van der Waals surface area contributed by atoms with E-state index in [1.165, 1.54) is 18.4 Å². The number of rotatable bonds is 3. The first-order valence-corrected chi connectivity index (χ1v) is 8.94. The summed E-state index contributed by atoms with van der Waals surface area (Å²) in [7, 11) is 0. The van der Waals surface area contributed by atoms with Gasteiger partial charge in [0.2, 0.25) is 5.88 Å².